The van der Waals surface area contributed by atoms with E-state index in [-0.39, 0.29) is 24.4 Å². The van der Waals surface area contributed by atoms with Gasteiger partial charge in [0.15, 0.2) is 11.5 Å². The van der Waals surface area contributed by atoms with E-state index in [4.69, 9.17) is 14.2 Å². The zero-order chi connectivity index (χ0) is 15.9. The maximum absolute atomic E-state index is 12.0. The molecule has 1 aromatic rings. The van der Waals surface area contributed by atoms with Crippen LogP contribution in [0.3, 0.4) is 0 Å². The third-order valence-corrected chi connectivity index (χ3v) is 3.83. The van der Waals surface area contributed by atoms with Crippen molar-refractivity contribution >= 4 is 18.3 Å². The maximum Gasteiger partial charge on any atom is 0.220 e. The topological polar surface area (TPSA) is 68.8 Å². The lowest BCUT2D eigenvalue weighted by atomic mass is 10.1. The van der Waals surface area contributed by atoms with Gasteiger partial charge in [-0.2, -0.15) is 0 Å². The standard InChI is InChI=1S/C16H24N2O4.ClH/c1-20-13-6-4-11(15(21-2)16(13)22-3)5-7-14(19)18-12-8-9-17-10-12;/h4,6,12,17H,5,7-10H2,1-3H3,(H,18,19);1H. The van der Waals surface area contributed by atoms with Crippen LogP contribution in [0.5, 0.6) is 17.2 Å². The van der Waals surface area contributed by atoms with Crippen molar-refractivity contribution in [3.63, 3.8) is 0 Å². The van der Waals surface area contributed by atoms with Crippen molar-refractivity contribution in [2.45, 2.75) is 25.3 Å². The van der Waals surface area contributed by atoms with Crippen molar-refractivity contribution in [2.24, 2.45) is 0 Å². The van der Waals surface area contributed by atoms with Crippen molar-refractivity contribution in [1.29, 1.82) is 0 Å². The third-order valence-electron chi connectivity index (χ3n) is 3.83. The highest BCUT2D eigenvalue weighted by Crippen LogP contribution is 2.40. The van der Waals surface area contributed by atoms with Gasteiger partial charge in [-0.15, -0.1) is 12.4 Å². The summed E-state index contributed by atoms with van der Waals surface area (Å²) in [7, 11) is 4.75. The molecule has 1 atom stereocenters. The Labute approximate surface area is 143 Å². The second-order valence-corrected chi connectivity index (χ2v) is 5.25. The third kappa shape index (κ3) is 4.91. The van der Waals surface area contributed by atoms with E-state index >= 15 is 0 Å². The summed E-state index contributed by atoms with van der Waals surface area (Å²) in [5, 5.41) is 6.27. The molecule has 1 fully saturated rings. The zero-order valence-electron chi connectivity index (χ0n) is 13.8. The summed E-state index contributed by atoms with van der Waals surface area (Å²) in [4.78, 5) is 12.0. The second kappa shape index (κ2) is 9.47. The minimum atomic E-state index is 0. The molecule has 7 heteroatoms. The summed E-state index contributed by atoms with van der Waals surface area (Å²) < 4.78 is 16.0. The molecule has 1 aliphatic heterocycles. The molecule has 1 heterocycles. The van der Waals surface area contributed by atoms with E-state index in [9.17, 15) is 4.79 Å². The quantitative estimate of drug-likeness (QED) is 0.785. The van der Waals surface area contributed by atoms with Crippen LogP contribution in [-0.4, -0.2) is 46.4 Å². The number of aryl methyl sites for hydroxylation is 1. The number of halogens is 1. The molecule has 1 aliphatic rings. The zero-order valence-corrected chi connectivity index (χ0v) is 14.6. The van der Waals surface area contributed by atoms with Crippen LogP contribution in [-0.2, 0) is 11.2 Å². The lowest BCUT2D eigenvalue weighted by Crippen LogP contribution is -2.36. The Balaban J connectivity index is 0.00000264. The number of carbonyl (C=O) groups excluding carboxylic acids is 1. The van der Waals surface area contributed by atoms with Crippen LogP contribution in [0.4, 0.5) is 0 Å². The SMILES string of the molecule is COc1ccc(CCC(=O)NC2CCNC2)c(OC)c1OC.Cl. The molecule has 1 unspecified atom stereocenters. The van der Waals surface area contributed by atoms with Crippen LogP contribution in [0.2, 0.25) is 0 Å². The Morgan fingerprint density at radius 1 is 1.22 bits per heavy atom. The fourth-order valence-corrected chi connectivity index (χ4v) is 2.69. The van der Waals surface area contributed by atoms with Gasteiger partial charge in [0.2, 0.25) is 11.7 Å². The number of benzene rings is 1. The number of hydrogen-bond acceptors (Lipinski definition) is 5. The molecule has 1 saturated heterocycles. The molecule has 0 saturated carbocycles. The van der Waals surface area contributed by atoms with Gasteiger partial charge in [-0.05, 0) is 31.0 Å². The van der Waals surface area contributed by atoms with E-state index in [1.54, 1.807) is 21.3 Å². The van der Waals surface area contributed by atoms with Crippen LogP contribution >= 0.6 is 12.4 Å². The Hall–Kier alpha value is -1.66. The molecule has 23 heavy (non-hydrogen) atoms. The van der Waals surface area contributed by atoms with Crippen LogP contribution in [0.15, 0.2) is 12.1 Å². The van der Waals surface area contributed by atoms with Crippen molar-refractivity contribution in [2.75, 3.05) is 34.4 Å². The summed E-state index contributed by atoms with van der Waals surface area (Å²) in [5.41, 5.74) is 0.930. The normalized spacial score (nSPS) is 16.4. The van der Waals surface area contributed by atoms with Gasteiger partial charge in [0.05, 0.1) is 21.3 Å². The molecule has 0 spiro atoms. The molecule has 0 aliphatic carbocycles. The average Bonchev–Trinajstić information content (AvgIpc) is 3.04. The van der Waals surface area contributed by atoms with Crippen LogP contribution in [0.25, 0.3) is 0 Å². The van der Waals surface area contributed by atoms with E-state index in [0.717, 1.165) is 25.1 Å². The number of amides is 1. The monoisotopic (exact) mass is 344 g/mol. The Kier molecular flexibility index (Phi) is 7.98. The summed E-state index contributed by atoms with van der Waals surface area (Å²) in [5.74, 6) is 1.86. The Bertz CT molecular complexity index is 519. The van der Waals surface area contributed by atoms with Gasteiger partial charge >= 0.3 is 0 Å². The average molecular weight is 345 g/mol. The summed E-state index contributed by atoms with van der Waals surface area (Å²) in [6.45, 7) is 1.82. The summed E-state index contributed by atoms with van der Waals surface area (Å²) in [6, 6.07) is 3.99. The van der Waals surface area contributed by atoms with E-state index < -0.39 is 0 Å². The highest BCUT2D eigenvalue weighted by atomic mass is 35.5. The summed E-state index contributed by atoms with van der Waals surface area (Å²) >= 11 is 0. The first-order valence-electron chi connectivity index (χ1n) is 7.47. The molecule has 1 aromatic carbocycles. The molecule has 1 amide bonds. The van der Waals surface area contributed by atoms with Gasteiger partial charge < -0.3 is 24.8 Å². The Morgan fingerprint density at radius 2 is 1.96 bits per heavy atom. The number of rotatable bonds is 7. The minimum absolute atomic E-state index is 0. The van der Waals surface area contributed by atoms with E-state index in [1.807, 2.05) is 12.1 Å². The fraction of sp³-hybridized carbons (Fsp3) is 0.562. The number of ether oxygens (including phenoxy) is 3. The first-order chi connectivity index (χ1) is 10.7. The van der Waals surface area contributed by atoms with Crippen molar-refractivity contribution in [1.82, 2.24) is 10.6 Å². The van der Waals surface area contributed by atoms with Gasteiger partial charge in [0, 0.05) is 19.0 Å². The van der Waals surface area contributed by atoms with E-state index in [2.05, 4.69) is 10.6 Å². The lowest BCUT2D eigenvalue weighted by Gasteiger charge is -2.16. The number of hydrogen-bond donors (Lipinski definition) is 2. The van der Waals surface area contributed by atoms with Gasteiger partial charge in [-0.25, -0.2) is 0 Å². The molecule has 130 valence electrons. The van der Waals surface area contributed by atoms with Crippen molar-refractivity contribution in [3.8, 4) is 17.2 Å². The van der Waals surface area contributed by atoms with Gasteiger partial charge in [-0.3, -0.25) is 4.79 Å². The van der Waals surface area contributed by atoms with E-state index in [1.165, 1.54) is 0 Å². The maximum atomic E-state index is 12.0. The molecule has 0 aromatic heterocycles. The van der Waals surface area contributed by atoms with Crippen molar-refractivity contribution in [3.05, 3.63) is 17.7 Å². The lowest BCUT2D eigenvalue weighted by molar-refractivity contribution is -0.121. The minimum Gasteiger partial charge on any atom is -0.493 e. The molecule has 0 bridgehead atoms. The van der Waals surface area contributed by atoms with Gasteiger partial charge in [-0.1, -0.05) is 6.07 Å². The molecular weight excluding hydrogens is 320 g/mol. The predicted molar refractivity (Wildman–Crippen MR) is 91.1 cm³/mol. The van der Waals surface area contributed by atoms with Gasteiger partial charge in [0.1, 0.15) is 0 Å². The summed E-state index contributed by atoms with van der Waals surface area (Å²) in [6.07, 6.45) is 2.00. The first-order valence-corrected chi connectivity index (χ1v) is 7.47. The number of methoxy groups -OCH3 is 3. The molecule has 2 N–H and O–H groups in total. The fourth-order valence-electron chi connectivity index (χ4n) is 2.69. The predicted octanol–water partition coefficient (Wildman–Crippen LogP) is 1.54. The largest absolute Gasteiger partial charge is 0.493 e. The van der Waals surface area contributed by atoms with Crippen molar-refractivity contribution < 1.29 is 19.0 Å². The first kappa shape index (κ1) is 19.4. The van der Waals surface area contributed by atoms with Crippen LogP contribution in [0.1, 0.15) is 18.4 Å². The van der Waals surface area contributed by atoms with E-state index in [0.29, 0.717) is 30.1 Å². The molecular formula is C16H25ClN2O4. The van der Waals surface area contributed by atoms with Crippen LogP contribution in [0, 0.1) is 0 Å². The number of nitrogens with one attached hydrogen (secondary N) is 2. The van der Waals surface area contributed by atoms with Crippen LogP contribution < -0.4 is 24.8 Å². The number of carbonyl (C=O) groups is 1. The Morgan fingerprint density at radius 3 is 2.52 bits per heavy atom. The van der Waals surface area contributed by atoms with Gasteiger partial charge in [0.25, 0.3) is 0 Å². The molecule has 2 rings (SSSR count). The molecule has 0 radical (unpaired) electrons. The smallest absolute Gasteiger partial charge is 0.220 e. The second-order valence-electron chi connectivity index (χ2n) is 5.25. The highest BCUT2D eigenvalue weighted by Gasteiger charge is 2.19. The highest BCUT2D eigenvalue weighted by molar-refractivity contribution is 5.85. The molecule has 6 nitrogen and oxygen atoms in total.